The smallest absolute Gasteiger partial charge is 0.255 e. The van der Waals surface area contributed by atoms with Crippen LogP contribution in [0.4, 0.5) is 0 Å². The van der Waals surface area contributed by atoms with Crippen molar-refractivity contribution in [3.05, 3.63) is 36.4 Å². The van der Waals surface area contributed by atoms with E-state index in [-0.39, 0.29) is 22.8 Å². The molecular formula is C11H14N2O4S. The highest BCUT2D eigenvalue weighted by Crippen LogP contribution is 2.21. The van der Waals surface area contributed by atoms with E-state index in [0.717, 1.165) is 0 Å². The number of hydrogen-bond donors (Lipinski definition) is 2. The lowest BCUT2D eigenvalue weighted by atomic mass is 10.2. The molecule has 0 saturated carbocycles. The van der Waals surface area contributed by atoms with Crippen molar-refractivity contribution in [1.82, 2.24) is 5.32 Å². The van der Waals surface area contributed by atoms with E-state index in [1.165, 1.54) is 31.4 Å². The van der Waals surface area contributed by atoms with E-state index in [0.29, 0.717) is 0 Å². The third-order valence-corrected chi connectivity index (χ3v) is 3.06. The van der Waals surface area contributed by atoms with E-state index in [4.69, 9.17) is 9.88 Å². The second-order valence-corrected chi connectivity index (χ2v) is 4.97. The second-order valence-electron chi connectivity index (χ2n) is 3.41. The molecule has 0 atom stereocenters. The molecule has 98 valence electrons. The average molecular weight is 270 g/mol. The Morgan fingerprint density at radius 1 is 1.56 bits per heavy atom. The highest BCUT2D eigenvalue weighted by atomic mass is 32.2. The van der Waals surface area contributed by atoms with E-state index in [1.54, 1.807) is 0 Å². The number of amides is 1. The van der Waals surface area contributed by atoms with Crippen LogP contribution in [0.25, 0.3) is 0 Å². The lowest BCUT2D eigenvalue weighted by molar-refractivity contribution is 0.0955. The molecule has 18 heavy (non-hydrogen) atoms. The Labute approximate surface area is 105 Å². The first kappa shape index (κ1) is 14.2. The van der Waals surface area contributed by atoms with Gasteiger partial charge in [0.15, 0.2) is 0 Å². The summed E-state index contributed by atoms with van der Waals surface area (Å²) in [6.45, 7) is 3.73. The first-order valence-corrected chi connectivity index (χ1v) is 6.54. The summed E-state index contributed by atoms with van der Waals surface area (Å²) in [5.41, 5.74) is 0.103. The molecule has 0 aliphatic carbocycles. The second kappa shape index (κ2) is 5.65. The molecule has 0 saturated heterocycles. The fourth-order valence-electron chi connectivity index (χ4n) is 1.30. The van der Waals surface area contributed by atoms with Crippen LogP contribution in [0.3, 0.4) is 0 Å². The lowest BCUT2D eigenvalue weighted by Crippen LogP contribution is -2.24. The summed E-state index contributed by atoms with van der Waals surface area (Å²) >= 11 is 0. The first-order chi connectivity index (χ1) is 8.40. The van der Waals surface area contributed by atoms with Crippen molar-refractivity contribution >= 4 is 15.9 Å². The molecule has 6 nitrogen and oxygen atoms in total. The molecule has 0 radical (unpaired) electrons. The SMILES string of the molecule is C=CCNC(=O)c1cc(S(N)(=O)=O)ccc1OC. The van der Waals surface area contributed by atoms with Crippen LogP contribution in [0, 0.1) is 0 Å². The Hall–Kier alpha value is -1.86. The van der Waals surface area contributed by atoms with Crippen LogP contribution in [-0.4, -0.2) is 28.0 Å². The summed E-state index contributed by atoms with van der Waals surface area (Å²) in [7, 11) is -2.47. The molecule has 0 unspecified atom stereocenters. The molecule has 0 heterocycles. The molecule has 0 aromatic heterocycles. The van der Waals surface area contributed by atoms with E-state index in [1.807, 2.05) is 0 Å². The monoisotopic (exact) mass is 270 g/mol. The standard InChI is InChI=1S/C11H14N2O4S/c1-3-6-13-11(14)9-7-8(18(12,15)16)4-5-10(9)17-2/h3-5,7H,1,6H2,2H3,(H,13,14)(H2,12,15,16). The largest absolute Gasteiger partial charge is 0.496 e. The minimum Gasteiger partial charge on any atom is -0.496 e. The van der Waals surface area contributed by atoms with Gasteiger partial charge in [0.25, 0.3) is 5.91 Å². The van der Waals surface area contributed by atoms with Gasteiger partial charge in [0.1, 0.15) is 5.75 Å². The molecule has 0 aliphatic heterocycles. The van der Waals surface area contributed by atoms with Gasteiger partial charge in [0.05, 0.1) is 17.6 Å². The van der Waals surface area contributed by atoms with E-state index in [9.17, 15) is 13.2 Å². The molecule has 0 aliphatic rings. The Morgan fingerprint density at radius 2 is 2.22 bits per heavy atom. The molecule has 0 spiro atoms. The zero-order valence-corrected chi connectivity index (χ0v) is 10.7. The van der Waals surface area contributed by atoms with E-state index < -0.39 is 15.9 Å². The van der Waals surface area contributed by atoms with E-state index in [2.05, 4.69) is 11.9 Å². The Bertz CT molecular complexity index is 566. The highest BCUT2D eigenvalue weighted by molar-refractivity contribution is 7.89. The number of benzene rings is 1. The zero-order chi connectivity index (χ0) is 13.8. The molecule has 1 rings (SSSR count). The minimum atomic E-state index is -3.86. The van der Waals surface area contributed by atoms with Gasteiger partial charge in [0.2, 0.25) is 10.0 Å². The number of carbonyl (C=O) groups is 1. The summed E-state index contributed by atoms with van der Waals surface area (Å²) in [5, 5.41) is 7.53. The van der Waals surface area contributed by atoms with Gasteiger partial charge >= 0.3 is 0 Å². The van der Waals surface area contributed by atoms with Crippen LogP contribution in [-0.2, 0) is 10.0 Å². The number of hydrogen-bond acceptors (Lipinski definition) is 4. The summed E-state index contributed by atoms with van der Waals surface area (Å²) < 4.78 is 27.4. The van der Waals surface area contributed by atoms with Crippen LogP contribution in [0.15, 0.2) is 35.7 Å². The quantitative estimate of drug-likeness (QED) is 0.750. The maximum Gasteiger partial charge on any atom is 0.255 e. The van der Waals surface area contributed by atoms with Gasteiger partial charge in [-0.3, -0.25) is 4.79 Å². The molecule has 1 aromatic carbocycles. The van der Waals surface area contributed by atoms with Crippen LogP contribution in [0.5, 0.6) is 5.75 Å². The normalized spacial score (nSPS) is 10.8. The zero-order valence-electron chi connectivity index (χ0n) is 9.84. The van der Waals surface area contributed by atoms with Gasteiger partial charge in [0, 0.05) is 6.54 Å². The van der Waals surface area contributed by atoms with Gasteiger partial charge in [-0.1, -0.05) is 6.08 Å². The van der Waals surface area contributed by atoms with Gasteiger partial charge in [-0.05, 0) is 18.2 Å². The number of rotatable bonds is 5. The van der Waals surface area contributed by atoms with Crippen molar-refractivity contribution in [2.45, 2.75) is 4.90 Å². The van der Waals surface area contributed by atoms with Crippen LogP contribution in [0.2, 0.25) is 0 Å². The Morgan fingerprint density at radius 3 is 2.72 bits per heavy atom. The minimum absolute atomic E-state index is 0.103. The number of nitrogens with two attached hydrogens (primary N) is 1. The molecule has 0 fully saturated rings. The molecule has 3 N–H and O–H groups in total. The topological polar surface area (TPSA) is 98.5 Å². The number of sulfonamides is 1. The fourth-order valence-corrected chi connectivity index (χ4v) is 1.84. The van der Waals surface area contributed by atoms with Gasteiger partial charge < -0.3 is 10.1 Å². The van der Waals surface area contributed by atoms with Gasteiger partial charge in [-0.15, -0.1) is 6.58 Å². The summed E-state index contributed by atoms with van der Waals surface area (Å²) in [6.07, 6.45) is 1.51. The van der Waals surface area contributed by atoms with Crippen molar-refractivity contribution < 1.29 is 17.9 Å². The lowest BCUT2D eigenvalue weighted by Gasteiger charge is -2.09. The summed E-state index contributed by atoms with van der Waals surface area (Å²) in [5.74, 6) is -0.193. The maximum absolute atomic E-state index is 11.8. The number of nitrogens with one attached hydrogen (secondary N) is 1. The number of primary sulfonamides is 1. The average Bonchev–Trinajstić information content (AvgIpc) is 2.34. The van der Waals surface area contributed by atoms with Crippen molar-refractivity contribution in [2.75, 3.05) is 13.7 Å². The highest BCUT2D eigenvalue weighted by Gasteiger charge is 2.16. The fraction of sp³-hybridized carbons (Fsp3) is 0.182. The molecule has 1 amide bonds. The van der Waals surface area contributed by atoms with Crippen molar-refractivity contribution in [2.24, 2.45) is 5.14 Å². The van der Waals surface area contributed by atoms with Crippen molar-refractivity contribution in [3.8, 4) is 5.75 Å². The molecule has 0 bridgehead atoms. The first-order valence-electron chi connectivity index (χ1n) is 5.00. The number of ether oxygens (including phenoxy) is 1. The molecule has 7 heteroatoms. The summed E-state index contributed by atoms with van der Waals surface area (Å²) in [4.78, 5) is 11.6. The van der Waals surface area contributed by atoms with Gasteiger partial charge in [-0.25, -0.2) is 13.6 Å². The molecular weight excluding hydrogens is 256 g/mol. The Kier molecular flexibility index (Phi) is 4.46. The number of carbonyl (C=O) groups excluding carboxylic acids is 1. The number of methoxy groups -OCH3 is 1. The Balaban J connectivity index is 3.22. The third kappa shape index (κ3) is 3.31. The van der Waals surface area contributed by atoms with Crippen molar-refractivity contribution in [1.29, 1.82) is 0 Å². The maximum atomic E-state index is 11.8. The van der Waals surface area contributed by atoms with E-state index >= 15 is 0 Å². The predicted molar refractivity (Wildman–Crippen MR) is 66.9 cm³/mol. The van der Waals surface area contributed by atoms with Crippen LogP contribution < -0.4 is 15.2 Å². The van der Waals surface area contributed by atoms with Crippen molar-refractivity contribution in [3.63, 3.8) is 0 Å². The van der Waals surface area contributed by atoms with Crippen LogP contribution >= 0.6 is 0 Å². The summed E-state index contributed by atoms with van der Waals surface area (Å²) in [6, 6.07) is 3.83. The van der Waals surface area contributed by atoms with Crippen LogP contribution in [0.1, 0.15) is 10.4 Å². The molecule has 1 aromatic rings. The third-order valence-electron chi connectivity index (χ3n) is 2.15. The van der Waals surface area contributed by atoms with Gasteiger partial charge in [-0.2, -0.15) is 0 Å². The predicted octanol–water partition coefficient (Wildman–Crippen LogP) is 0.258.